The van der Waals surface area contributed by atoms with Gasteiger partial charge < -0.3 is 19.6 Å². The van der Waals surface area contributed by atoms with Crippen molar-refractivity contribution in [3.63, 3.8) is 0 Å². The molecule has 0 aliphatic heterocycles. The van der Waals surface area contributed by atoms with Gasteiger partial charge in [0.1, 0.15) is 16.4 Å². The van der Waals surface area contributed by atoms with Crippen molar-refractivity contribution < 1.29 is 4.74 Å². The molecule has 0 atom stereocenters. The summed E-state index contributed by atoms with van der Waals surface area (Å²) < 4.78 is 5.72. The highest BCUT2D eigenvalue weighted by molar-refractivity contribution is 7.98. The van der Waals surface area contributed by atoms with Gasteiger partial charge in [-0.1, -0.05) is 24.3 Å². The molecule has 1 aromatic heterocycles. The van der Waals surface area contributed by atoms with Gasteiger partial charge in [-0.05, 0) is 74.3 Å². The lowest BCUT2D eigenvalue weighted by Crippen LogP contribution is -2.46. The topological polar surface area (TPSA) is 78.2 Å². The Labute approximate surface area is 185 Å². The van der Waals surface area contributed by atoms with Crippen molar-refractivity contribution in [3.8, 4) is 5.75 Å². The Morgan fingerprint density at radius 1 is 0.871 bits per heavy atom. The molecule has 0 amide bonds. The Morgan fingerprint density at radius 3 is 1.87 bits per heavy atom. The van der Waals surface area contributed by atoms with E-state index >= 15 is 0 Å². The van der Waals surface area contributed by atoms with Gasteiger partial charge >= 0.3 is 0 Å². The van der Waals surface area contributed by atoms with Crippen LogP contribution >= 0.6 is 11.8 Å². The fourth-order valence-corrected chi connectivity index (χ4v) is 3.37. The number of nitrogens with zero attached hydrogens (tertiary/aromatic N) is 1. The molecule has 0 aliphatic rings. The molecule has 0 saturated carbocycles. The molecular weight excluding hydrogens is 410 g/mol. The molecule has 0 bridgehead atoms. The first-order chi connectivity index (χ1) is 14.9. The normalized spacial score (nSPS) is 12.5. The van der Waals surface area contributed by atoms with E-state index in [9.17, 15) is 9.59 Å². The monoisotopic (exact) mass is 437 g/mol. The van der Waals surface area contributed by atoms with Crippen LogP contribution in [0, 0.1) is 0 Å². The molecule has 2 aromatic carbocycles. The summed E-state index contributed by atoms with van der Waals surface area (Å²) >= 11 is 1.65. The van der Waals surface area contributed by atoms with E-state index in [1.165, 1.54) is 0 Å². The second kappa shape index (κ2) is 10.8. The average Bonchev–Trinajstić information content (AvgIpc) is 2.76. The lowest BCUT2D eigenvalue weighted by Gasteiger charge is -2.10. The molecule has 6 nitrogen and oxygen atoms in total. The lowest BCUT2D eigenvalue weighted by molar-refractivity contribution is 0.281. The van der Waals surface area contributed by atoms with Crippen LogP contribution in [0.5, 0.6) is 5.75 Å². The molecule has 3 rings (SSSR count). The molecule has 3 aromatic rings. The molecule has 0 fully saturated rings. The van der Waals surface area contributed by atoms with Gasteiger partial charge in [0.25, 0.3) is 11.1 Å². The minimum Gasteiger partial charge on any atom is -0.494 e. The summed E-state index contributed by atoms with van der Waals surface area (Å²) in [5, 5.41) is 0.431. The summed E-state index contributed by atoms with van der Waals surface area (Å²) in [6, 6.07) is 15.2. The van der Waals surface area contributed by atoms with Crippen molar-refractivity contribution >= 4 is 23.9 Å². The second-order valence-electron chi connectivity index (χ2n) is 7.37. The van der Waals surface area contributed by atoms with Gasteiger partial charge in [0.05, 0.1) is 6.61 Å². The summed E-state index contributed by atoms with van der Waals surface area (Å²) in [5.74, 6) is 0.774. The van der Waals surface area contributed by atoms with Crippen LogP contribution in [-0.2, 0) is 0 Å². The number of H-pyrrole nitrogens is 2. The number of nitrogens with one attached hydrogen (secondary N) is 2. The summed E-state index contributed by atoms with van der Waals surface area (Å²) in [7, 11) is 4.06. The van der Waals surface area contributed by atoms with Crippen LogP contribution in [0.25, 0.3) is 12.2 Å². The van der Waals surface area contributed by atoms with Crippen LogP contribution in [0.4, 0.5) is 0 Å². The Bertz CT molecular complexity index is 1230. The SMILES string of the molecule is CSc1ccc(C=c2[nH]c(=O)c(=Cc3ccc(OCCCN(C)C)cc3)[nH]c2=O)cc1. The molecule has 0 radical (unpaired) electrons. The van der Waals surface area contributed by atoms with Crippen LogP contribution in [0.2, 0.25) is 0 Å². The van der Waals surface area contributed by atoms with E-state index in [-0.39, 0.29) is 21.8 Å². The molecule has 162 valence electrons. The Balaban J connectivity index is 1.78. The molecule has 7 heteroatoms. The minimum atomic E-state index is -0.351. The zero-order chi connectivity index (χ0) is 22.2. The number of aromatic amines is 2. The highest BCUT2D eigenvalue weighted by Gasteiger charge is 1.99. The number of thioether (sulfide) groups is 1. The molecular formula is C24H27N3O3S. The summed E-state index contributed by atoms with van der Waals surface area (Å²) in [6.45, 7) is 1.62. The third-order valence-electron chi connectivity index (χ3n) is 4.62. The fraction of sp³-hybridized carbons (Fsp3) is 0.250. The number of hydrogen-bond acceptors (Lipinski definition) is 5. The van der Waals surface area contributed by atoms with Gasteiger partial charge in [-0.3, -0.25) is 9.59 Å². The first-order valence-corrected chi connectivity index (χ1v) is 11.2. The Kier molecular flexibility index (Phi) is 7.92. The highest BCUT2D eigenvalue weighted by atomic mass is 32.2. The van der Waals surface area contributed by atoms with Gasteiger partial charge in [0.2, 0.25) is 0 Å². The third kappa shape index (κ3) is 6.73. The first kappa shape index (κ1) is 22.7. The molecule has 31 heavy (non-hydrogen) atoms. The standard InChI is InChI=1S/C24H27N3O3S/c1-27(2)13-4-14-30-19-9-5-17(6-10-19)15-21-23(28)26-22(24(29)25-21)16-18-7-11-20(31-3)12-8-18/h5-12,15-16H,4,13-14H2,1-3H3,(H,25,29)(H,26,28). The van der Waals surface area contributed by atoms with Crippen LogP contribution < -0.4 is 26.6 Å². The van der Waals surface area contributed by atoms with E-state index < -0.39 is 0 Å². The maximum atomic E-state index is 12.5. The molecule has 0 saturated heterocycles. The van der Waals surface area contributed by atoms with Crippen molar-refractivity contribution in [1.82, 2.24) is 14.9 Å². The number of aromatic nitrogens is 2. The number of rotatable bonds is 8. The maximum absolute atomic E-state index is 12.5. The third-order valence-corrected chi connectivity index (χ3v) is 5.37. The van der Waals surface area contributed by atoms with Gasteiger partial charge in [0.15, 0.2) is 0 Å². The van der Waals surface area contributed by atoms with Gasteiger partial charge in [-0.2, -0.15) is 0 Å². The lowest BCUT2D eigenvalue weighted by atomic mass is 10.2. The van der Waals surface area contributed by atoms with Crippen molar-refractivity contribution in [2.75, 3.05) is 33.5 Å². The van der Waals surface area contributed by atoms with E-state index in [0.29, 0.717) is 6.61 Å². The van der Waals surface area contributed by atoms with Crippen molar-refractivity contribution in [2.24, 2.45) is 0 Å². The largest absolute Gasteiger partial charge is 0.494 e. The Hall–Kier alpha value is -3.03. The number of benzene rings is 2. The van der Waals surface area contributed by atoms with E-state index in [2.05, 4.69) is 14.9 Å². The number of hydrogen-bond donors (Lipinski definition) is 2. The Morgan fingerprint density at radius 2 is 1.39 bits per heavy atom. The van der Waals surface area contributed by atoms with Crippen LogP contribution in [0.1, 0.15) is 17.5 Å². The van der Waals surface area contributed by atoms with Crippen LogP contribution in [0.15, 0.2) is 63.0 Å². The maximum Gasteiger partial charge on any atom is 0.272 e. The fourth-order valence-electron chi connectivity index (χ4n) is 2.96. The molecule has 0 spiro atoms. The molecule has 2 N–H and O–H groups in total. The van der Waals surface area contributed by atoms with Gasteiger partial charge in [0, 0.05) is 11.4 Å². The zero-order valence-corrected chi connectivity index (χ0v) is 18.8. The predicted molar refractivity (Wildman–Crippen MR) is 127 cm³/mol. The quantitative estimate of drug-likeness (QED) is 0.415. The van der Waals surface area contributed by atoms with Crippen LogP contribution in [-0.4, -0.2) is 48.4 Å². The summed E-state index contributed by atoms with van der Waals surface area (Å²) in [4.78, 5) is 33.5. The van der Waals surface area contributed by atoms with Gasteiger partial charge in [-0.15, -0.1) is 11.8 Å². The highest BCUT2D eigenvalue weighted by Crippen LogP contribution is 2.15. The van der Waals surface area contributed by atoms with E-state index in [1.54, 1.807) is 23.9 Å². The van der Waals surface area contributed by atoms with E-state index in [1.807, 2.05) is 68.9 Å². The molecule has 0 unspecified atom stereocenters. The predicted octanol–water partition coefficient (Wildman–Crippen LogP) is 1.77. The first-order valence-electron chi connectivity index (χ1n) is 10.0. The van der Waals surface area contributed by atoms with Gasteiger partial charge in [-0.25, -0.2) is 0 Å². The summed E-state index contributed by atoms with van der Waals surface area (Å²) in [5.41, 5.74) is 0.944. The zero-order valence-electron chi connectivity index (χ0n) is 18.0. The minimum absolute atomic E-state index is 0.208. The molecule has 0 aliphatic carbocycles. The average molecular weight is 438 g/mol. The molecule has 1 heterocycles. The second-order valence-corrected chi connectivity index (χ2v) is 8.25. The van der Waals surface area contributed by atoms with E-state index in [4.69, 9.17) is 4.74 Å². The van der Waals surface area contributed by atoms with Crippen LogP contribution in [0.3, 0.4) is 0 Å². The van der Waals surface area contributed by atoms with Crippen molar-refractivity contribution in [2.45, 2.75) is 11.3 Å². The number of ether oxygens (including phenoxy) is 1. The summed E-state index contributed by atoms with van der Waals surface area (Å²) in [6.07, 6.45) is 6.26. The van der Waals surface area contributed by atoms with Crippen molar-refractivity contribution in [1.29, 1.82) is 0 Å². The van der Waals surface area contributed by atoms with Crippen molar-refractivity contribution in [3.05, 3.63) is 91.1 Å². The van der Waals surface area contributed by atoms with E-state index in [0.717, 1.165) is 34.7 Å². The smallest absolute Gasteiger partial charge is 0.272 e.